The molecule has 1 aliphatic rings. The van der Waals surface area contributed by atoms with E-state index in [-0.39, 0.29) is 11.8 Å². The highest BCUT2D eigenvalue weighted by molar-refractivity contribution is 7.22. The number of aromatic nitrogens is 2. The first-order valence-corrected chi connectivity index (χ1v) is 10.4. The molecule has 3 heterocycles. The van der Waals surface area contributed by atoms with Crippen LogP contribution in [0.3, 0.4) is 0 Å². The number of aliphatic hydroxyl groups excluding tert-OH is 1. The molecule has 2 N–H and O–H groups in total. The summed E-state index contributed by atoms with van der Waals surface area (Å²) in [6, 6.07) is 8.85. The van der Waals surface area contributed by atoms with Crippen molar-refractivity contribution in [2.45, 2.75) is 19.4 Å². The van der Waals surface area contributed by atoms with Crippen LogP contribution in [-0.4, -0.2) is 52.2 Å². The van der Waals surface area contributed by atoms with E-state index in [1.165, 1.54) is 23.6 Å². The van der Waals surface area contributed by atoms with E-state index in [1.807, 2.05) is 36.1 Å². The zero-order valence-corrected chi connectivity index (χ0v) is 16.8. The standard InChI is InChI=1S/C20H22FN5O2S/c1-2-16(27)13-11-14(21)18(22-12-13)25-7-9-26(10-8-25)20(28)24-19-23-15-5-3-4-6-17(15)29-19/h3-6,11-12,16,27H,2,7-10H2,1H3,(H,23,24,28)/t16-/m0/s1. The number of thiazole rings is 1. The van der Waals surface area contributed by atoms with Crippen molar-refractivity contribution < 1.29 is 14.3 Å². The number of para-hydroxylation sites is 1. The second kappa shape index (κ2) is 8.30. The van der Waals surface area contributed by atoms with E-state index in [4.69, 9.17) is 0 Å². The predicted molar refractivity (Wildman–Crippen MR) is 112 cm³/mol. The SMILES string of the molecule is CC[C@H](O)c1cnc(N2CCN(C(=O)Nc3nc4ccccc4s3)CC2)c(F)c1. The smallest absolute Gasteiger partial charge is 0.323 e. The predicted octanol–water partition coefficient (Wildman–Crippen LogP) is 3.63. The summed E-state index contributed by atoms with van der Waals surface area (Å²) >= 11 is 1.43. The van der Waals surface area contributed by atoms with Crippen LogP contribution >= 0.6 is 11.3 Å². The number of hydrogen-bond acceptors (Lipinski definition) is 6. The normalized spacial score (nSPS) is 15.6. The van der Waals surface area contributed by atoms with E-state index < -0.39 is 11.9 Å². The molecule has 2 aromatic heterocycles. The summed E-state index contributed by atoms with van der Waals surface area (Å²) in [6.45, 7) is 3.70. The van der Waals surface area contributed by atoms with E-state index in [9.17, 15) is 14.3 Å². The molecule has 1 aromatic carbocycles. The van der Waals surface area contributed by atoms with Crippen molar-refractivity contribution in [1.82, 2.24) is 14.9 Å². The Morgan fingerprint density at radius 3 is 2.76 bits per heavy atom. The second-order valence-electron chi connectivity index (χ2n) is 6.89. The van der Waals surface area contributed by atoms with Gasteiger partial charge in [-0.3, -0.25) is 5.32 Å². The van der Waals surface area contributed by atoms with E-state index in [0.717, 1.165) is 10.2 Å². The summed E-state index contributed by atoms with van der Waals surface area (Å²) in [5.41, 5.74) is 1.33. The molecular formula is C20H22FN5O2S. The maximum Gasteiger partial charge on any atom is 0.323 e. The Hall–Kier alpha value is -2.78. The third kappa shape index (κ3) is 4.15. The van der Waals surface area contributed by atoms with E-state index in [2.05, 4.69) is 15.3 Å². The molecule has 1 aliphatic heterocycles. The summed E-state index contributed by atoms with van der Waals surface area (Å²) in [4.78, 5) is 24.7. The number of pyridine rings is 1. The number of rotatable bonds is 4. The van der Waals surface area contributed by atoms with Crippen molar-refractivity contribution >= 4 is 38.5 Å². The first kappa shape index (κ1) is 19.5. The average molecular weight is 415 g/mol. The van der Waals surface area contributed by atoms with Crippen LogP contribution in [0, 0.1) is 5.82 Å². The molecule has 0 aliphatic carbocycles. The van der Waals surface area contributed by atoms with Crippen molar-refractivity contribution in [3.05, 3.63) is 47.9 Å². The zero-order chi connectivity index (χ0) is 20.4. The van der Waals surface area contributed by atoms with Crippen LogP contribution in [0.5, 0.6) is 0 Å². The number of carbonyl (C=O) groups is 1. The number of piperazine rings is 1. The largest absolute Gasteiger partial charge is 0.388 e. The number of nitrogens with one attached hydrogen (secondary N) is 1. The maximum absolute atomic E-state index is 14.5. The average Bonchev–Trinajstić information content (AvgIpc) is 3.15. The lowest BCUT2D eigenvalue weighted by atomic mass is 10.1. The van der Waals surface area contributed by atoms with Gasteiger partial charge in [-0.15, -0.1) is 0 Å². The molecule has 0 saturated carbocycles. The molecule has 1 fully saturated rings. The summed E-state index contributed by atoms with van der Waals surface area (Å²) in [5.74, 6) is -0.203. The molecule has 4 rings (SSSR count). The van der Waals surface area contributed by atoms with Crippen LogP contribution in [-0.2, 0) is 0 Å². The first-order chi connectivity index (χ1) is 14.0. The van der Waals surface area contributed by atoms with Crippen LogP contribution in [0.4, 0.5) is 20.1 Å². The third-order valence-electron chi connectivity index (χ3n) is 4.99. The lowest BCUT2D eigenvalue weighted by molar-refractivity contribution is 0.173. The monoisotopic (exact) mass is 415 g/mol. The summed E-state index contributed by atoms with van der Waals surface area (Å²) < 4.78 is 15.5. The van der Waals surface area contributed by atoms with E-state index >= 15 is 0 Å². The van der Waals surface area contributed by atoms with E-state index in [0.29, 0.717) is 43.3 Å². The third-order valence-corrected chi connectivity index (χ3v) is 5.94. The molecule has 0 radical (unpaired) electrons. The van der Waals surface area contributed by atoms with Gasteiger partial charge in [0.1, 0.15) is 0 Å². The Bertz CT molecular complexity index is 986. The summed E-state index contributed by atoms with van der Waals surface area (Å²) in [5, 5.41) is 13.3. The van der Waals surface area contributed by atoms with Crippen molar-refractivity contribution in [3.63, 3.8) is 0 Å². The van der Waals surface area contributed by atoms with E-state index in [1.54, 1.807) is 4.90 Å². The summed E-state index contributed by atoms with van der Waals surface area (Å²) in [7, 11) is 0. The maximum atomic E-state index is 14.5. The number of nitrogens with zero attached hydrogens (tertiary/aromatic N) is 4. The van der Waals surface area contributed by atoms with Crippen LogP contribution in [0.15, 0.2) is 36.5 Å². The van der Waals surface area contributed by atoms with Gasteiger partial charge in [0, 0.05) is 37.9 Å². The van der Waals surface area contributed by atoms with Gasteiger partial charge >= 0.3 is 6.03 Å². The van der Waals surface area contributed by atoms with Gasteiger partial charge < -0.3 is 14.9 Å². The van der Waals surface area contributed by atoms with Crippen molar-refractivity contribution in [3.8, 4) is 0 Å². The highest BCUT2D eigenvalue weighted by Crippen LogP contribution is 2.26. The number of halogens is 1. The number of fused-ring (bicyclic) bond motifs is 1. The minimum Gasteiger partial charge on any atom is -0.388 e. The number of urea groups is 1. The molecule has 1 atom stereocenters. The minimum absolute atomic E-state index is 0.210. The Labute approximate surface area is 171 Å². The van der Waals surface area contributed by atoms with Gasteiger partial charge in [0.05, 0.1) is 16.3 Å². The number of amides is 2. The van der Waals surface area contributed by atoms with Gasteiger partial charge in [0.15, 0.2) is 16.8 Å². The second-order valence-corrected chi connectivity index (χ2v) is 7.92. The van der Waals surface area contributed by atoms with Crippen molar-refractivity contribution in [2.24, 2.45) is 0 Å². The summed E-state index contributed by atoms with van der Waals surface area (Å²) in [6.07, 6.45) is 1.30. The molecule has 9 heteroatoms. The highest BCUT2D eigenvalue weighted by Gasteiger charge is 2.24. The number of benzene rings is 1. The zero-order valence-electron chi connectivity index (χ0n) is 16.0. The topological polar surface area (TPSA) is 81.6 Å². The Kier molecular flexibility index (Phi) is 5.59. The van der Waals surface area contributed by atoms with Gasteiger partial charge in [-0.05, 0) is 24.6 Å². The van der Waals surface area contributed by atoms with Gasteiger partial charge in [-0.2, -0.15) is 0 Å². The number of carbonyl (C=O) groups excluding carboxylic acids is 1. The molecular weight excluding hydrogens is 393 g/mol. The molecule has 29 heavy (non-hydrogen) atoms. The number of hydrogen-bond donors (Lipinski definition) is 2. The first-order valence-electron chi connectivity index (χ1n) is 9.55. The molecule has 7 nitrogen and oxygen atoms in total. The van der Waals surface area contributed by atoms with Crippen LogP contribution in [0.2, 0.25) is 0 Å². The van der Waals surface area contributed by atoms with Crippen LogP contribution < -0.4 is 10.2 Å². The molecule has 1 saturated heterocycles. The fourth-order valence-electron chi connectivity index (χ4n) is 3.31. The quantitative estimate of drug-likeness (QED) is 0.680. The molecule has 0 bridgehead atoms. The number of aliphatic hydroxyl groups is 1. The minimum atomic E-state index is -0.714. The Morgan fingerprint density at radius 2 is 2.07 bits per heavy atom. The lowest BCUT2D eigenvalue weighted by Crippen LogP contribution is -2.50. The van der Waals surface area contributed by atoms with Crippen LogP contribution in [0.25, 0.3) is 10.2 Å². The molecule has 2 amide bonds. The van der Waals surface area contributed by atoms with Crippen molar-refractivity contribution in [1.29, 1.82) is 0 Å². The van der Waals surface area contributed by atoms with Gasteiger partial charge in [-0.25, -0.2) is 19.2 Å². The molecule has 3 aromatic rings. The fourth-order valence-corrected chi connectivity index (χ4v) is 4.17. The van der Waals surface area contributed by atoms with Crippen LogP contribution in [0.1, 0.15) is 25.0 Å². The Morgan fingerprint density at radius 1 is 1.31 bits per heavy atom. The van der Waals surface area contributed by atoms with Gasteiger partial charge in [0.2, 0.25) is 0 Å². The highest BCUT2D eigenvalue weighted by atomic mass is 32.1. The Balaban J connectivity index is 1.37. The van der Waals surface area contributed by atoms with Crippen molar-refractivity contribution in [2.75, 3.05) is 36.4 Å². The molecule has 152 valence electrons. The fraction of sp³-hybridized carbons (Fsp3) is 0.350. The molecule has 0 unspecified atom stereocenters. The lowest BCUT2D eigenvalue weighted by Gasteiger charge is -2.35. The van der Waals surface area contributed by atoms with Gasteiger partial charge in [-0.1, -0.05) is 30.4 Å². The number of anilines is 2. The van der Waals surface area contributed by atoms with Gasteiger partial charge in [0.25, 0.3) is 0 Å². The molecule has 0 spiro atoms.